The molecular weight excluding hydrogens is 468 g/mol. The van der Waals surface area contributed by atoms with Crippen LogP contribution in [0.2, 0.25) is 0 Å². The minimum absolute atomic E-state index is 0.130. The van der Waals surface area contributed by atoms with Gasteiger partial charge >= 0.3 is 5.69 Å². The molecule has 1 aliphatic heterocycles. The van der Waals surface area contributed by atoms with E-state index in [-0.39, 0.29) is 23.8 Å². The van der Waals surface area contributed by atoms with Gasteiger partial charge in [0, 0.05) is 43.6 Å². The topological polar surface area (TPSA) is 78.0 Å². The van der Waals surface area contributed by atoms with Crippen molar-refractivity contribution in [2.24, 2.45) is 7.05 Å². The molecule has 1 fully saturated rings. The molecule has 0 spiro atoms. The van der Waals surface area contributed by atoms with Gasteiger partial charge in [0.15, 0.2) is 5.82 Å². The summed E-state index contributed by atoms with van der Waals surface area (Å²) in [7, 11) is 1.68. The standard InChI is InChI=1S/C24H27BrN6O/c1-15-14-31(16(2)13-30(15)17(3)19-7-5-18(11-25)6-8-19)23-22-21(29(4)24(32)28-23)10-9-20(12-26)27-22/h5-10,15-17H,11,13-14H2,1-4H3/t15-,16+,17?/m1/s1. The molecule has 4 rings (SSSR count). The number of benzene rings is 1. The van der Waals surface area contributed by atoms with Gasteiger partial charge in [-0.1, -0.05) is 40.2 Å². The summed E-state index contributed by atoms with van der Waals surface area (Å²) in [5.41, 5.74) is 3.83. The normalized spacial score (nSPS) is 20.3. The molecule has 1 aliphatic rings. The van der Waals surface area contributed by atoms with E-state index in [1.54, 1.807) is 19.2 Å². The van der Waals surface area contributed by atoms with Crippen LogP contribution in [-0.4, -0.2) is 44.6 Å². The summed E-state index contributed by atoms with van der Waals surface area (Å²) in [6.07, 6.45) is 0. The molecule has 0 N–H and O–H groups in total. The van der Waals surface area contributed by atoms with Crippen molar-refractivity contribution in [2.45, 2.75) is 44.2 Å². The Bertz CT molecular complexity index is 1230. The lowest BCUT2D eigenvalue weighted by atomic mass is 10.00. The molecule has 32 heavy (non-hydrogen) atoms. The van der Waals surface area contributed by atoms with E-state index in [9.17, 15) is 10.1 Å². The molecule has 3 aromatic rings. The molecule has 166 valence electrons. The molecule has 0 aliphatic carbocycles. The molecule has 3 atom stereocenters. The van der Waals surface area contributed by atoms with Crippen molar-refractivity contribution in [3.05, 3.63) is 63.7 Å². The summed E-state index contributed by atoms with van der Waals surface area (Å²) in [4.78, 5) is 26.1. The van der Waals surface area contributed by atoms with Gasteiger partial charge in [-0.3, -0.25) is 9.47 Å². The van der Waals surface area contributed by atoms with Crippen LogP contribution in [0.5, 0.6) is 0 Å². The second kappa shape index (κ2) is 9.00. The lowest BCUT2D eigenvalue weighted by molar-refractivity contribution is 0.119. The summed E-state index contributed by atoms with van der Waals surface area (Å²) in [6, 6.07) is 14.9. The predicted molar refractivity (Wildman–Crippen MR) is 130 cm³/mol. The number of piperazine rings is 1. The molecule has 7 nitrogen and oxygen atoms in total. The largest absolute Gasteiger partial charge is 0.349 e. The van der Waals surface area contributed by atoms with Crippen LogP contribution in [-0.2, 0) is 12.4 Å². The maximum Gasteiger partial charge on any atom is 0.349 e. The van der Waals surface area contributed by atoms with E-state index in [0.29, 0.717) is 22.5 Å². The van der Waals surface area contributed by atoms with Gasteiger partial charge in [0.25, 0.3) is 0 Å². The number of alkyl halides is 1. The van der Waals surface area contributed by atoms with E-state index in [1.807, 2.05) is 0 Å². The van der Waals surface area contributed by atoms with Gasteiger partial charge in [-0.05, 0) is 44.0 Å². The molecule has 2 aromatic heterocycles. The van der Waals surface area contributed by atoms with Gasteiger partial charge in [-0.25, -0.2) is 9.78 Å². The molecule has 0 saturated carbocycles. The highest BCUT2D eigenvalue weighted by Gasteiger charge is 2.34. The maximum absolute atomic E-state index is 12.6. The van der Waals surface area contributed by atoms with Gasteiger partial charge in [0.2, 0.25) is 0 Å². The Kier molecular flexibility index (Phi) is 6.31. The monoisotopic (exact) mass is 494 g/mol. The zero-order valence-electron chi connectivity index (χ0n) is 18.8. The quantitative estimate of drug-likeness (QED) is 0.513. The minimum Gasteiger partial charge on any atom is -0.349 e. The minimum atomic E-state index is -0.318. The lowest BCUT2D eigenvalue weighted by Crippen LogP contribution is -2.57. The lowest BCUT2D eigenvalue weighted by Gasteiger charge is -2.47. The third-order valence-corrected chi connectivity index (χ3v) is 7.12. The van der Waals surface area contributed by atoms with Crippen molar-refractivity contribution in [1.82, 2.24) is 19.4 Å². The molecular formula is C24H27BrN6O. The first kappa shape index (κ1) is 22.4. The van der Waals surface area contributed by atoms with Crippen molar-refractivity contribution in [1.29, 1.82) is 5.26 Å². The number of aryl methyl sites for hydroxylation is 1. The third-order valence-electron chi connectivity index (χ3n) is 6.47. The molecule has 0 radical (unpaired) electrons. The first-order chi connectivity index (χ1) is 15.3. The zero-order valence-corrected chi connectivity index (χ0v) is 20.4. The van der Waals surface area contributed by atoms with Crippen LogP contribution in [0, 0.1) is 11.3 Å². The van der Waals surface area contributed by atoms with Crippen LogP contribution in [0.15, 0.2) is 41.2 Å². The highest BCUT2D eigenvalue weighted by molar-refractivity contribution is 9.08. The number of fused-ring (bicyclic) bond motifs is 1. The van der Waals surface area contributed by atoms with Crippen molar-refractivity contribution in [2.75, 3.05) is 18.0 Å². The van der Waals surface area contributed by atoms with E-state index < -0.39 is 0 Å². The number of rotatable bonds is 4. The average Bonchev–Trinajstić information content (AvgIpc) is 2.82. The molecule has 0 bridgehead atoms. The van der Waals surface area contributed by atoms with E-state index in [2.05, 4.69) is 86.8 Å². The van der Waals surface area contributed by atoms with Crippen LogP contribution >= 0.6 is 15.9 Å². The van der Waals surface area contributed by atoms with Crippen molar-refractivity contribution < 1.29 is 0 Å². The summed E-state index contributed by atoms with van der Waals surface area (Å²) < 4.78 is 1.48. The number of hydrogen-bond acceptors (Lipinski definition) is 6. The number of hydrogen-bond donors (Lipinski definition) is 0. The number of pyridine rings is 1. The van der Waals surface area contributed by atoms with Crippen LogP contribution in [0.4, 0.5) is 5.82 Å². The fraction of sp³-hybridized carbons (Fsp3) is 0.417. The Morgan fingerprint density at radius 1 is 1.12 bits per heavy atom. The number of halogens is 1. The highest BCUT2D eigenvalue weighted by Crippen LogP contribution is 2.31. The van der Waals surface area contributed by atoms with Gasteiger partial charge in [-0.15, -0.1) is 0 Å². The highest BCUT2D eigenvalue weighted by atomic mass is 79.9. The Hall–Kier alpha value is -2.76. The number of aromatic nitrogens is 3. The Morgan fingerprint density at radius 3 is 2.50 bits per heavy atom. The van der Waals surface area contributed by atoms with Crippen molar-refractivity contribution in [3.63, 3.8) is 0 Å². The smallest absolute Gasteiger partial charge is 0.349 e. The Morgan fingerprint density at radius 2 is 1.84 bits per heavy atom. The first-order valence-corrected chi connectivity index (χ1v) is 11.9. The van der Waals surface area contributed by atoms with Crippen LogP contribution in [0.25, 0.3) is 11.0 Å². The zero-order chi connectivity index (χ0) is 23.0. The molecule has 0 amide bonds. The second-order valence-corrected chi connectivity index (χ2v) is 9.11. The van der Waals surface area contributed by atoms with Crippen molar-refractivity contribution in [3.8, 4) is 6.07 Å². The second-order valence-electron chi connectivity index (χ2n) is 8.55. The number of nitriles is 1. The SMILES string of the molecule is CC(c1ccc(CBr)cc1)N1C[C@H](C)N(c2nc(=O)n(C)c3ccc(C#N)nc23)C[C@H]1C. The van der Waals surface area contributed by atoms with Crippen LogP contribution in [0.3, 0.4) is 0 Å². The van der Waals surface area contributed by atoms with E-state index in [4.69, 9.17) is 0 Å². The molecule has 1 saturated heterocycles. The summed E-state index contributed by atoms with van der Waals surface area (Å²) in [5.74, 6) is 0.563. The molecule has 3 heterocycles. The van der Waals surface area contributed by atoms with E-state index in [1.165, 1.54) is 15.7 Å². The average molecular weight is 495 g/mol. The number of anilines is 1. The third kappa shape index (κ3) is 4.03. The maximum atomic E-state index is 12.6. The fourth-order valence-corrected chi connectivity index (χ4v) is 4.91. The van der Waals surface area contributed by atoms with E-state index in [0.717, 1.165) is 18.4 Å². The van der Waals surface area contributed by atoms with Gasteiger partial charge in [-0.2, -0.15) is 10.2 Å². The summed E-state index contributed by atoms with van der Waals surface area (Å²) >= 11 is 3.51. The molecule has 1 aromatic carbocycles. The fourth-order valence-electron chi connectivity index (χ4n) is 4.54. The predicted octanol–water partition coefficient (Wildman–Crippen LogP) is 3.76. The van der Waals surface area contributed by atoms with Gasteiger partial charge < -0.3 is 4.90 Å². The summed E-state index contributed by atoms with van der Waals surface area (Å²) in [5, 5.41) is 10.2. The van der Waals surface area contributed by atoms with Crippen molar-refractivity contribution >= 4 is 32.8 Å². The number of nitrogens with zero attached hydrogens (tertiary/aromatic N) is 6. The van der Waals surface area contributed by atoms with Crippen LogP contribution in [0.1, 0.15) is 43.6 Å². The molecule has 1 unspecified atom stereocenters. The molecule has 8 heteroatoms. The van der Waals surface area contributed by atoms with Gasteiger partial charge in [0.05, 0.1) is 5.52 Å². The van der Waals surface area contributed by atoms with E-state index >= 15 is 0 Å². The van der Waals surface area contributed by atoms with Gasteiger partial charge in [0.1, 0.15) is 17.3 Å². The Balaban J connectivity index is 1.66. The summed E-state index contributed by atoms with van der Waals surface area (Å²) in [6.45, 7) is 8.16. The Labute approximate surface area is 196 Å². The van der Waals surface area contributed by atoms with Crippen LogP contribution < -0.4 is 10.6 Å². The first-order valence-electron chi connectivity index (χ1n) is 10.8.